The Balaban J connectivity index is 2.23. The third-order valence-corrected chi connectivity index (χ3v) is 2.75. The van der Waals surface area contributed by atoms with Crippen molar-refractivity contribution in [3.63, 3.8) is 0 Å². The first-order chi connectivity index (χ1) is 3.79. The third kappa shape index (κ3) is 2.02. The van der Waals surface area contributed by atoms with Gasteiger partial charge in [-0.3, -0.25) is 0 Å². The van der Waals surface area contributed by atoms with Crippen molar-refractivity contribution in [1.82, 2.24) is 5.32 Å². The van der Waals surface area contributed by atoms with Gasteiger partial charge in [0.1, 0.15) is 0 Å². The van der Waals surface area contributed by atoms with Crippen molar-refractivity contribution in [1.29, 1.82) is 0 Å². The maximum Gasteiger partial charge on any atom is 0.0928 e. The van der Waals surface area contributed by atoms with E-state index in [2.05, 4.69) is 5.32 Å². The molecule has 0 amide bonds. The fraction of sp³-hybridized carbons (Fsp3) is 1.00. The lowest BCUT2D eigenvalue weighted by molar-refractivity contribution is 0.721. The SMILES string of the molecule is ClC1CNCC(Cl)S1. The van der Waals surface area contributed by atoms with Crippen molar-refractivity contribution in [2.24, 2.45) is 0 Å². The molecule has 0 aromatic rings. The summed E-state index contributed by atoms with van der Waals surface area (Å²) >= 11 is 13.1. The molecule has 1 N–H and O–H groups in total. The first-order valence-corrected chi connectivity index (χ1v) is 4.25. The fourth-order valence-corrected chi connectivity index (χ4v) is 2.44. The summed E-state index contributed by atoms with van der Waals surface area (Å²) in [6.45, 7) is 1.74. The number of nitrogens with one attached hydrogen (secondary N) is 1. The third-order valence-electron chi connectivity index (χ3n) is 0.905. The topological polar surface area (TPSA) is 12.0 Å². The highest BCUT2D eigenvalue weighted by Gasteiger charge is 2.17. The van der Waals surface area contributed by atoms with Crippen molar-refractivity contribution >= 4 is 35.0 Å². The molecule has 1 fully saturated rings. The van der Waals surface area contributed by atoms with Crippen molar-refractivity contribution in [3.05, 3.63) is 0 Å². The molecule has 2 unspecified atom stereocenters. The van der Waals surface area contributed by atoms with Crippen LogP contribution in [0, 0.1) is 0 Å². The molecule has 1 rings (SSSR count). The Hall–Kier alpha value is 0.890. The first-order valence-electron chi connectivity index (χ1n) is 2.43. The molecule has 2 atom stereocenters. The highest BCUT2D eigenvalue weighted by Crippen LogP contribution is 2.25. The molecule has 0 aliphatic carbocycles. The minimum Gasteiger partial charge on any atom is -0.312 e. The Kier molecular flexibility index (Phi) is 2.76. The summed E-state index contributed by atoms with van der Waals surface area (Å²) in [5.74, 6) is 0. The van der Waals surface area contributed by atoms with Gasteiger partial charge in [-0.05, 0) is 0 Å². The first kappa shape index (κ1) is 7.00. The van der Waals surface area contributed by atoms with E-state index >= 15 is 0 Å². The summed E-state index contributed by atoms with van der Waals surface area (Å²) in [6.07, 6.45) is 0. The van der Waals surface area contributed by atoms with Gasteiger partial charge < -0.3 is 5.32 Å². The standard InChI is InChI=1S/C4H7Cl2NS/c5-3-1-7-2-4(6)8-3/h3-4,7H,1-2H2. The van der Waals surface area contributed by atoms with E-state index in [1.165, 1.54) is 0 Å². The number of alkyl halides is 2. The summed E-state index contributed by atoms with van der Waals surface area (Å²) in [5, 5.41) is 3.10. The van der Waals surface area contributed by atoms with Crippen molar-refractivity contribution in [2.45, 2.75) is 9.42 Å². The molecule has 48 valence electrons. The normalized spacial score (nSPS) is 39.8. The van der Waals surface area contributed by atoms with Gasteiger partial charge in [0.25, 0.3) is 0 Å². The summed E-state index contributed by atoms with van der Waals surface area (Å²) in [5.41, 5.74) is 0. The Bertz CT molecular complexity index is 72.4. The second-order valence-corrected chi connectivity index (χ2v) is 4.60. The largest absolute Gasteiger partial charge is 0.312 e. The molecule has 1 nitrogen and oxygen atoms in total. The van der Waals surface area contributed by atoms with Crippen molar-refractivity contribution in [3.8, 4) is 0 Å². The highest BCUT2D eigenvalue weighted by atomic mass is 35.5. The van der Waals surface area contributed by atoms with Crippen LogP contribution in [-0.2, 0) is 0 Å². The van der Waals surface area contributed by atoms with Crippen LogP contribution in [0.3, 0.4) is 0 Å². The summed E-state index contributed by atoms with van der Waals surface area (Å²) in [4.78, 5) is 0. The number of hydrogen-bond donors (Lipinski definition) is 1. The van der Waals surface area contributed by atoms with Crippen LogP contribution in [0.2, 0.25) is 0 Å². The second-order valence-electron chi connectivity index (χ2n) is 1.61. The molecular weight excluding hydrogens is 165 g/mol. The average Bonchev–Trinajstić information content (AvgIpc) is 1.64. The summed E-state index contributed by atoms with van der Waals surface area (Å²) in [6, 6.07) is 0. The molecule has 1 saturated heterocycles. The lowest BCUT2D eigenvalue weighted by atomic mass is 10.6. The smallest absolute Gasteiger partial charge is 0.0928 e. The molecule has 4 heteroatoms. The molecule has 0 radical (unpaired) electrons. The van der Waals surface area contributed by atoms with Crippen LogP contribution in [0.5, 0.6) is 0 Å². The van der Waals surface area contributed by atoms with E-state index in [9.17, 15) is 0 Å². The quantitative estimate of drug-likeness (QED) is 0.555. The molecule has 1 aliphatic rings. The minimum absolute atomic E-state index is 0.159. The molecule has 0 aromatic carbocycles. The van der Waals surface area contributed by atoms with Gasteiger partial charge in [0, 0.05) is 13.1 Å². The van der Waals surface area contributed by atoms with Crippen LogP contribution >= 0.6 is 35.0 Å². The van der Waals surface area contributed by atoms with Gasteiger partial charge in [0.05, 0.1) is 9.42 Å². The van der Waals surface area contributed by atoms with E-state index < -0.39 is 0 Å². The molecule has 0 aromatic heterocycles. The fourth-order valence-electron chi connectivity index (χ4n) is 0.567. The molecule has 1 heterocycles. The van der Waals surface area contributed by atoms with E-state index in [1.54, 1.807) is 11.8 Å². The van der Waals surface area contributed by atoms with Gasteiger partial charge in [0.2, 0.25) is 0 Å². The van der Waals surface area contributed by atoms with Crippen LogP contribution in [0.4, 0.5) is 0 Å². The number of halogens is 2. The summed E-state index contributed by atoms with van der Waals surface area (Å²) < 4.78 is 0.317. The minimum atomic E-state index is 0.159. The Morgan fingerprint density at radius 2 is 1.75 bits per heavy atom. The van der Waals surface area contributed by atoms with E-state index in [-0.39, 0.29) is 9.42 Å². The molecule has 8 heavy (non-hydrogen) atoms. The molecule has 1 aliphatic heterocycles. The zero-order valence-corrected chi connectivity index (χ0v) is 6.56. The lowest BCUT2D eigenvalue weighted by Crippen LogP contribution is -2.33. The Labute approximate surface area is 63.1 Å². The lowest BCUT2D eigenvalue weighted by Gasteiger charge is -2.20. The monoisotopic (exact) mass is 171 g/mol. The average molecular weight is 172 g/mol. The predicted octanol–water partition coefficient (Wildman–Crippen LogP) is 1.45. The maximum atomic E-state index is 5.73. The molecule has 0 bridgehead atoms. The van der Waals surface area contributed by atoms with E-state index in [1.807, 2.05) is 0 Å². The Morgan fingerprint density at radius 3 is 2.00 bits per heavy atom. The van der Waals surface area contributed by atoms with Gasteiger partial charge in [-0.2, -0.15) is 0 Å². The van der Waals surface area contributed by atoms with Gasteiger partial charge >= 0.3 is 0 Å². The maximum absolute atomic E-state index is 5.73. The van der Waals surface area contributed by atoms with Gasteiger partial charge in [-0.1, -0.05) is 0 Å². The van der Waals surface area contributed by atoms with Crippen LogP contribution in [0.25, 0.3) is 0 Å². The summed E-state index contributed by atoms with van der Waals surface area (Å²) in [7, 11) is 0. The zero-order valence-electron chi connectivity index (χ0n) is 4.23. The Morgan fingerprint density at radius 1 is 1.25 bits per heavy atom. The van der Waals surface area contributed by atoms with Crippen LogP contribution in [0.15, 0.2) is 0 Å². The second kappa shape index (κ2) is 3.16. The van der Waals surface area contributed by atoms with E-state index in [4.69, 9.17) is 23.2 Å². The highest BCUT2D eigenvalue weighted by molar-refractivity contribution is 8.02. The molecular formula is C4H7Cl2NS. The number of rotatable bonds is 0. The van der Waals surface area contributed by atoms with Crippen molar-refractivity contribution in [2.75, 3.05) is 13.1 Å². The van der Waals surface area contributed by atoms with Crippen LogP contribution in [0.1, 0.15) is 0 Å². The number of hydrogen-bond acceptors (Lipinski definition) is 2. The molecule has 0 saturated carbocycles. The zero-order chi connectivity index (χ0) is 5.98. The predicted molar refractivity (Wildman–Crippen MR) is 39.7 cm³/mol. The molecule has 0 spiro atoms. The van der Waals surface area contributed by atoms with Crippen molar-refractivity contribution < 1.29 is 0 Å². The van der Waals surface area contributed by atoms with Gasteiger partial charge in [-0.15, -0.1) is 35.0 Å². The van der Waals surface area contributed by atoms with E-state index in [0.29, 0.717) is 0 Å². The van der Waals surface area contributed by atoms with Gasteiger partial charge in [0.15, 0.2) is 0 Å². The van der Waals surface area contributed by atoms with Crippen LogP contribution < -0.4 is 5.32 Å². The van der Waals surface area contributed by atoms with Crippen LogP contribution in [-0.4, -0.2) is 22.5 Å². The van der Waals surface area contributed by atoms with E-state index in [0.717, 1.165) is 13.1 Å². The number of thioether (sulfide) groups is 1. The van der Waals surface area contributed by atoms with Gasteiger partial charge in [-0.25, -0.2) is 0 Å².